The van der Waals surface area contributed by atoms with Gasteiger partial charge in [0.15, 0.2) is 5.78 Å². The molecule has 3 nitrogen and oxygen atoms in total. The van der Waals surface area contributed by atoms with Crippen LogP contribution in [-0.4, -0.2) is 12.3 Å². The highest BCUT2D eigenvalue weighted by atomic mass is 16.1. The molecule has 0 aliphatic heterocycles. The zero-order valence-corrected chi connectivity index (χ0v) is 11.7. The van der Waals surface area contributed by atoms with Crippen LogP contribution < -0.4 is 10.6 Å². The number of anilines is 3. The first kappa shape index (κ1) is 14.1. The Kier molecular flexibility index (Phi) is 5.18. The Balaban J connectivity index is 1.88. The van der Waals surface area contributed by atoms with Gasteiger partial charge in [0.05, 0.1) is 6.54 Å². The quantitative estimate of drug-likeness (QED) is 0.790. The first-order chi connectivity index (χ1) is 9.78. The lowest BCUT2D eigenvalue weighted by Crippen LogP contribution is -2.12. The summed E-state index contributed by atoms with van der Waals surface area (Å²) in [5, 5.41) is 6.46. The van der Waals surface area contributed by atoms with Gasteiger partial charge in [-0.25, -0.2) is 0 Å². The van der Waals surface area contributed by atoms with Gasteiger partial charge in [-0.3, -0.25) is 4.79 Å². The summed E-state index contributed by atoms with van der Waals surface area (Å²) in [5.74, 6) is 0.249. The summed E-state index contributed by atoms with van der Waals surface area (Å²) in [6.45, 7) is 2.42. The smallest absolute Gasteiger partial charge is 0.151 e. The first-order valence-electron chi connectivity index (χ1n) is 6.95. The van der Waals surface area contributed by atoms with Crippen LogP contribution in [0.3, 0.4) is 0 Å². The van der Waals surface area contributed by atoms with Crippen molar-refractivity contribution < 1.29 is 4.79 Å². The lowest BCUT2D eigenvalue weighted by molar-refractivity contribution is -0.117. The first-order valence-corrected chi connectivity index (χ1v) is 6.95. The van der Waals surface area contributed by atoms with E-state index in [-0.39, 0.29) is 5.78 Å². The largest absolute Gasteiger partial charge is 0.378 e. The van der Waals surface area contributed by atoms with Crippen molar-refractivity contribution in [2.24, 2.45) is 0 Å². The Hall–Kier alpha value is -2.29. The zero-order valence-electron chi connectivity index (χ0n) is 11.7. The minimum absolute atomic E-state index is 0.249. The average Bonchev–Trinajstić information content (AvgIpc) is 2.48. The van der Waals surface area contributed by atoms with E-state index < -0.39 is 0 Å². The monoisotopic (exact) mass is 268 g/mol. The van der Waals surface area contributed by atoms with E-state index in [0.717, 1.165) is 23.5 Å². The van der Waals surface area contributed by atoms with E-state index in [1.54, 1.807) is 0 Å². The third-order valence-electron chi connectivity index (χ3n) is 2.97. The van der Waals surface area contributed by atoms with Crippen molar-refractivity contribution in [3.63, 3.8) is 0 Å². The van der Waals surface area contributed by atoms with Crippen LogP contribution in [-0.2, 0) is 4.79 Å². The van der Waals surface area contributed by atoms with E-state index in [2.05, 4.69) is 10.6 Å². The number of Topliss-reactive ketones (excluding diaryl/α,β-unsaturated/α-hetero) is 1. The molecule has 2 rings (SSSR count). The van der Waals surface area contributed by atoms with E-state index in [4.69, 9.17) is 0 Å². The van der Waals surface area contributed by atoms with Crippen LogP contribution in [0.1, 0.15) is 19.8 Å². The number of nitrogens with one attached hydrogen (secondary N) is 2. The minimum atomic E-state index is 0.249. The molecule has 0 aromatic heterocycles. The van der Waals surface area contributed by atoms with Crippen molar-refractivity contribution in [3.8, 4) is 0 Å². The molecule has 2 aromatic rings. The molecule has 2 N–H and O–H groups in total. The van der Waals surface area contributed by atoms with Gasteiger partial charge in [-0.1, -0.05) is 25.1 Å². The summed E-state index contributed by atoms with van der Waals surface area (Å²) >= 11 is 0. The predicted octanol–water partition coefficient (Wildman–Crippen LogP) is 4.21. The fourth-order valence-corrected chi connectivity index (χ4v) is 1.93. The highest BCUT2D eigenvalue weighted by Gasteiger charge is 2.00. The second-order valence-corrected chi connectivity index (χ2v) is 4.71. The van der Waals surface area contributed by atoms with Gasteiger partial charge in [0.2, 0.25) is 0 Å². The fourth-order valence-electron chi connectivity index (χ4n) is 1.93. The second-order valence-electron chi connectivity index (χ2n) is 4.71. The number of hydrogen-bond donors (Lipinski definition) is 2. The molecule has 3 heteroatoms. The Morgan fingerprint density at radius 1 is 0.900 bits per heavy atom. The highest BCUT2D eigenvalue weighted by molar-refractivity contribution is 5.82. The number of ketones is 1. The predicted molar refractivity (Wildman–Crippen MR) is 84.6 cm³/mol. The molecule has 0 bridgehead atoms. The minimum Gasteiger partial charge on any atom is -0.378 e. The summed E-state index contributed by atoms with van der Waals surface area (Å²) in [7, 11) is 0. The summed E-state index contributed by atoms with van der Waals surface area (Å²) in [6, 6.07) is 18.0. The van der Waals surface area contributed by atoms with Crippen LogP contribution in [0.5, 0.6) is 0 Å². The van der Waals surface area contributed by atoms with Crippen molar-refractivity contribution >= 4 is 22.8 Å². The maximum Gasteiger partial charge on any atom is 0.151 e. The van der Waals surface area contributed by atoms with Gasteiger partial charge in [0.1, 0.15) is 0 Å². The molecule has 20 heavy (non-hydrogen) atoms. The molecule has 0 atom stereocenters. The van der Waals surface area contributed by atoms with Crippen LogP contribution >= 0.6 is 0 Å². The number of hydrogen-bond acceptors (Lipinski definition) is 3. The maximum absolute atomic E-state index is 11.4. The lowest BCUT2D eigenvalue weighted by atomic mass is 10.2. The van der Waals surface area contributed by atoms with Gasteiger partial charge in [-0.05, 0) is 42.8 Å². The normalized spacial score (nSPS) is 10.1. The number of carbonyl (C=O) groups is 1. The topological polar surface area (TPSA) is 41.1 Å². The van der Waals surface area contributed by atoms with Crippen LogP contribution in [0.25, 0.3) is 0 Å². The molecule has 104 valence electrons. The van der Waals surface area contributed by atoms with E-state index >= 15 is 0 Å². The molecule has 0 saturated carbocycles. The molecule has 0 spiro atoms. The molecule has 0 fully saturated rings. The standard InChI is InChI=1S/C17H20N2O/c1-2-6-17(20)13-18-14-9-11-16(12-10-14)19-15-7-4-3-5-8-15/h3-5,7-12,18-19H,2,6,13H2,1H3. The van der Waals surface area contributed by atoms with E-state index in [1.807, 2.05) is 61.5 Å². The number of benzene rings is 2. The summed E-state index contributed by atoms with van der Waals surface area (Å²) in [4.78, 5) is 11.4. The van der Waals surface area contributed by atoms with Crippen LogP contribution in [0.4, 0.5) is 17.1 Å². The molecule has 0 radical (unpaired) electrons. The molecule has 0 aliphatic carbocycles. The number of rotatable bonds is 7. The maximum atomic E-state index is 11.4. The summed E-state index contributed by atoms with van der Waals surface area (Å²) < 4.78 is 0. The van der Waals surface area contributed by atoms with Gasteiger partial charge in [-0.15, -0.1) is 0 Å². The molecule has 0 amide bonds. The third kappa shape index (κ3) is 4.43. The van der Waals surface area contributed by atoms with Crippen molar-refractivity contribution in [1.29, 1.82) is 0 Å². The third-order valence-corrected chi connectivity index (χ3v) is 2.97. The van der Waals surface area contributed by atoms with Gasteiger partial charge < -0.3 is 10.6 Å². The lowest BCUT2D eigenvalue weighted by Gasteiger charge is -2.09. The molecular weight excluding hydrogens is 248 g/mol. The van der Waals surface area contributed by atoms with Crippen LogP contribution in [0.2, 0.25) is 0 Å². The van der Waals surface area contributed by atoms with E-state index in [9.17, 15) is 4.79 Å². The molecule has 0 aliphatic rings. The molecule has 0 heterocycles. The highest BCUT2D eigenvalue weighted by Crippen LogP contribution is 2.18. The Labute approximate surface area is 120 Å². The molecule has 0 unspecified atom stereocenters. The fraction of sp³-hybridized carbons (Fsp3) is 0.235. The van der Waals surface area contributed by atoms with Gasteiger partial charge in [0, 0.05) is 23.5 Å². The Morgan fingerprint density at radius 2 is 1.50 bits per heavy atom. The van der Waals surface area contributed by atoms with Crippen molar-refractivity contribution in [2.45, 2.75) is 19.8 Å². The summed E-state index contributed by atoms with van der Waals surface area (Å²) in [6.07, 6.45) is 1.54. The van der Waals surface area contributed by atoms with E-state index in [0.29, 0.717) is 13.0 Å². The second kappa shape index (κ2) is 7.34. The Morgan fingerprint density at radius 3 is 2.15 bits per heavy atom. The number of carbonyl (C=O) groups excluding carboxylic acids is 1. The van der Waals surface area contributed by atoms with Crippen LogP contribution in [0.15, 0.2) is 54.6 Å². The summed E-state index contributed by atoms with van der Waals surface area (Å²) in [5.41, 5.74) is 3.06. The average molecular weight is 268 g/mol. The van der Waals surface area contributed by atoms with Crippen molar-refractivity contribution in [1.82, 2.24) is 0 Å². The van der Waals surface area contributed by atoms with Gasteiger partial charge >= 0.3 is 0 Å². The molecule has 2 aromatic carbocycles. The van der Waals surface area contributed by atoms with Gasteiger partial charge in [0.25, 0.3) is 0 Å². The molecular formula is C17H20N2O. The van der Waals surface area contributed by atoms with Crippen molar-refractivity contribution in [2.75, 3.05) is 17.2 Å². The molecule has 0 saturated heterocycles. The Bertz CT molecular complexity index is 535. The van der Waals surface area contributed by atoms with Crippen LogP contribution in [0, 0.1) is 0 Å². The SMILES string of the molecule is CCCC(=O)CNc1ccc(Nc2ccccc2)cc1. The van der Waals surface area contributed by atoms with Crippen molar-refractivity contribution in [3.05, 3.63) is 54.6 Å². The number of para-hydroxylation sites is 1. The van der Waals surface area contributed by atoms with Gasteiger partial charge in [-0.2, -0.15) is 0 Å². The van der Waals surface area contributed by atoms with E-state index in [1.165, 1.54) is 0 Å². The zero-order chi connectivity index (χ0) is 14.2.